The number of amides is 1. The number of nitrogens with one attached hydrogen (secondary N) is 1. The van der Waals surface area contributed by atoms with E-state index in [1.54, 1.807) is 30.3 Å². The molecule has 4 aromatic rings. The second kappa shape index (κ2) is 12.5. The second-order valence-corrected chi connectivity index (χ2v) is 9.59. The Balaban J connectivity index is 1.99. The van der Waals surface area contributed by atoms with Gasteiger partial charge in [-0.3, -0.25) is 4.79 Å². The number of benzene rings is 4. The van der Waals surface area contributed by atoms with Gasteiger partial charge < -0.3 is 14.8 Å². The van der Waals surface area contributed by atoms with E-state index in [-0.39, 0.29) is 23.3 Å². The van der Waals surface area contributed by atoms with E-state index in [2.05, 4.69) is 10.1 Å². The van der Waals surface area contributed by atoms with Crippen molar-refractivity contribution in [3.8, 4) is 11.5 Å². The molecule has 0 aromatic heterocycles. The number of ether oxygens (including phenoxy) is 2. The third-order valence-corrected chi connectivity index (χ3v) is 6.61. The molecule has 1 N–H and O–H groups in total. The van der Waals surface area contributed by atoms with Gasteiger partial charge in [-0.2, -0.15) is 30.7 Å². The van der Waals surface area contributed by atoms with Crippen LogP contribution in [0.4, 0.5) is 39.5 Å². The quantitative estimate of drug-likeness (QED) is 0.181. The summed E-state index contributed by atoms with van der Waals surface area (Å²) in [6.45, 7) is 0. The Morgan fingerprint density at radius 3 is 2.14 bits per heavy atom. The first-order chi connectivity index (χ1) is 20.6. The van der Waals surface area contributed by atoms with Gasteiger partial charge in [0.1, 0.15) is 11.6 Å². The van der Waals surface area contributed by atoms with Crippen LogP contribution in [0.15, 0.2) is 91.0 Å². The fraction of sp³-hybridized carbons (Fsp3) is 0.194. The van der Waals surface area contributed by atoms with E-state index in [1.807, 2.05) is 0 Å². The summed E-state index contributed by atoms with van der Waals surface area (Å²) in [6, 6.07) is 16.5. The van der Waals surface area contributed by atoms with Crippen LogP contribution in [0.3, 0.4) is 0 Å². The number of methoxy groups -OCH3 is 1. The van der Waals surface area contributed by atoms with E-state index in [0.29, 0.717) is 17.7 Å². The molecule has 1 atom stereocenters. The third kappa shape index (κ3) is 7.09. The van der Waals surface area contributed by atoms with Crippen LogP contribution >= 0.6 is 0 Å². The number of hydrogen-bond acceptors (Lipinski definition) is 3. The number of rotatable bonds is 10. The zero-order valence-corrected chi connectivity index (χ0v) is 22.6. The van der Waals surface area contributed by atoms with Gasteiger partial charge in [0.25, 0.3) is 5.91 Å². The number of alkyl halides is 7. The smallest absolute Gasteiger partial charge is 0.461 e. The molecule has 1 amide bonds. The van der Waals surface area contributed by atoms with Crippen molar-refractivity contribution in [1.29, 1.82) is 0 Å². The van der Waals surface area contributed by atoms with Gasteiger partial charge in [-0.25, -0.2) is 8.78 Å². The predicted octanol–water partition coefficient (Wildman–Crippen LogP) is 8.15. The molecular weight excluding hydrogens is 605 g/mol. The molecule has 0 spiro atoms. The molecule has 0 bridgehead atoms. The lowest BCUT2D eigenvalue weighted by Gasteiger charge is -2.37. The van der Waals surface area contributed by atoms with E-state index >= 15 is 4.39 Å². The maximum Gasteiger partial charge on any atom is 0.461 e. The molecule has 44 heavy (non-hydrogen) atoms. The van der Waals surface area contributed by atoms with Crippen LogP contribution in [0.25, 0.3) is 0 Å². The first-order valence-corrected chi connectivity index (χ1v) is 12.7. The van der Waals surface area contributed by atoms with Crippen molar-refractivity contribution in [1.82, 2.24) is 5.32 Å². The number of hydrogen-bond donors (Lipinski definition) is 1. The first-order valence-electron chi connectivity index (χ1n) is 12.7. The van der Waals surface area contributed by atoms with E-state index in [0.717, 1.165) is 55.6 Å². The van der Waals surface area contributed by atoms with E-state index in [1.165, 1.54) is 0 Å². The molecule has 0 radical (unpaired) electrons. The average Bonchev–Trinajstić information content (AvgIpc) is 2.96. The van der Waals surface area contributed by atoms with Gasteiger partial charge in [-0.15, -0.1) is 0 Å². The molecule has 232 valence electrons. The molecule has 0 heterocycles. The number of carbonyl (C=O) groups is 1. The summed E-state index contributed by atoms with van der Waals surface area (Å²) in [6.07, 6.45) is -14.5. The molecule has 0 unspecified atom stereocenters. The summed E-state index contributed by atoms with van der Waals surface area (Å²) in [4.78, 5) is 13.7. The van der Waals surface area contributed by atoms with Crippen molar-refractivity contribution >= 4 is 5.91 Å². The second-order valence-electron chi connectivity index (χ2n) is 9.59. The molecule has 0 aliphatic heterocycles. The van der Waals surface area contributed by atoms with Crippen LogP contribution in [0.2, 0.25) is 0 Å². The van der Waals surface area contributed by atoms with Crippen LogP contribution in [0.1, 0.15) is 32.6 Å². The summed E-state index contributed by atoms with van der Waals surface area (Å²) in [5.41, 5.74) is -3.65. The average molecular weight is 628 g/mol. The zero-order valence-electron chi connectivity index (χ0n) is 22.6. The zero-order chi connectivity index (χ0) is 32.3. The van der Waals surface area contributed by atoms with Crippen molar-refractivity contribution in [3.63, 3.8) is 0 Å². The highest BCUT2D eigenvalue weighted by molar-refractivity contribution is 5.95. The van der Waals surface area contributed by atoms with Crippen LogP contribution < -0.4 is 14.8 Å². The minimum absolute atomic E-state index is 0.0305. The summed E-state index contributed by atoms with van der Waals surface area (Å²) < 4.78 is 133. The lowest BCUT2D eigenvalue weighted by molar-refractivity contribution is -0.253. The largest absolute Gasteiger partial charge is 0.494 e. The van der Waals surface area contributed by atoms with Gasteiger partial charge in [0.2, 0.25) is 0 Å². The highest BCUT2D eigenvalue weighted by Crippen LogP contribution is 2.40. The SMILES string of the molecule is COc1cc([C@@](Cc2ccccc2)(NC(=O)c2cccc(C(F)(F)F)c2)c2cc(F)cc(OC(F)(F)C(F)F)c2)ccc1F. The van der Waals surface area contributed by atoms with Gasteiger partial charge in [0, 0.05) is 18.1 Å². The molecule has 0 saturated heterocycles. The lowest BCUT2D eigenvalue weighted by atomic mass is 9.77. The standard InChI is InChI=1S/C31H22F9NO3/c1-43-26-15-20(10-11-25(26)33)29(17-18-6-3-2-4-7-18,41-27(42)19-8-5-9-21(12-19)30(36,37)38)22-13-23(32)16-24(14-22)44-31(39,40)28(34)35/h2-16,28H,17H2,1H3,(H,41,42)/t29-/m1/s1. The van der Waals surface area contributed by atoms with Crippen LogP contribution in [-0.4, -0.2) is 25.6 Å². The molecule has 4 aromatic carbocycles. The molecule has 13 heteroatoms. The Kier molecular flexibility index (Phi) is 9.17. The van der Waals surface area contributed by atoms with Gasteiger partial charge in [0.15, 0.2) is 11.6 Å². The van der Waals surface area contributed by atoms with Crippen LogP contribution in [-0.2, 0) is 18.1 Å². The molecule has 4 rings (SSSR count). The summed E-state index contributed by atoms with van der Waals surface area (Å²) in [7, 11) is 1.13. The molecule has 0 fully saturated rings. The van der Waals surface area contributed by atoms with Gasteiger partial charge in [0.05, 0.1) is 18.2 Å². The predicted molar refractivity (Wildman–Crippen MR) is 141 cm³/mol. The first kappa shape index (κ1) is 32.2. The molecule has 4 nitrogen and oxygen atoms in total. The van der Waals surface area contributed by atoms with Crippen molar-refractivity contribution < 1.29 is 53.8 Å². The van der Waals surface area contributed by atoms with Gasteiger partial charge >= 0.3 is 18.7 Å². The normalized spacial score (nSPS) is 13.3. The number of carbonyl (C=O) groups excluding carboxylic acids is 1. The van der Waals surface area contributed by atoms with Gasteiger partial charge in [-0.1, -0.05) is 42.5 Å². The van der Waals surface area contributed by atoms with E-state index < -0.39 is 58.7 Å². The van der Waals surface area contributed by atoms with E-state index in [4.69, 9.17) is 4.74 Å². The minimum atomic E-state index is -5.03. The van der Waals surface area contributed by atoms with Gasteiger partial charge in [-0.05, 0) is 59.2 Å². The Morgan fingerprint density at radius 1 is 0.795 bits per heavy atom. The highest BCUT2D eigenvalue weighted by Gasteiger charge is 2.45. The molecule has 0 saturated carbocycles. The van der Waals surface area contributed by atoms with Crippen molar-refractivity contribution in [2.24, 2.45) is 0 Å². The Morgan fingerprint density at radius 2 is 1.50 bits per heavy atom. The summed E-state index contributed by atoms with van der Waals surface area (Å²) in [5.74, 6) is -4.63. The monoisotopic (exact) mass is 627 g/mol. The minimum Gasteiger partial charge on any atom is -0.494 e. The molecule has 0 aliphatic rings. The summed E-state index contributed by atoms with van der Waals surface area (Å²) >= 11 is 0. The topological polar surface area (TPSA) is 47.6 Å². The number of halogens is 9. The van der Waals surface area contributed by atoms with Crippen LogP contribution in [0.5, 0.6) is 11.5 Å². The third-order valence-electron chi connectivity index (χ3n) is 6.61. The molecular formula is C31H22F9NO3. The molecule has 0 aliphatic carbocycles. The highest BCUT2D eigenvalue weighted by atomic mass is 19.4. The van der Waals surface area contributed by atoms with Crippen molar-refractivity contribution in [2.75, 3.05) is 7.11 Å². The Hall–Kier alpha value is -4.68. The Bertz CT molecular complexity index is 1630. The van der Waals surface area contributed by atoms with E-state index in [9.17, 15) is 39.9 Å². The maximum absolute atomic E-state index is 15.0. The Labute approximate surface area is 245 Å². The lowest BCUT2D eigenvalue weighted by Crippen LogP contribution is -2.49. The van der Waals surface area contributed by atoms with Crippen molar-refractivity contribution in [2.45, 2.75) is 30.7 Å². The summed E-state index contributed by atoms with van der Waals surface area (Å²) in [5, 5.41) is 2.58. The maximum atomic E-state index is 15.0. The fourth-order valence-corrected chi connectivity index (χ4v) is 4.56. The van der Waals surface area contributed by atoms with Crippen LogP contribution in [0, 0.1) is 11.6 Å². The van der Waals surface area contributed by atoms with Crippen molar-refractivity contribution in [3.05, 3.63) is 130 Å². The fourth-order valence-electron chi connectivity index (χ4n) is 4.56.